The first kappa shape index (κ1) is 15.5. The van der Waals surface area contributed by atoms with E-state index in [9.17, 15) is 9.18 Å². The highest BCUT2D eigenvalue weighted by Crippen LogP contribution is 2.31. The molecule has 1 aliphatic heterocycles. The summed E-state index contributed by atoms with van der Waals surface area (Å²) in [6.45, 7) is 0.601. The zero-order valence-electron chi connectivity index (χ0n) is 13.4. The van der Waals surface area contributed by atoms with Gasteiger partial charge < -0.3 is 10.1 Å². The molecular weight excluding hydrogens is 321 g/mol. The third kappa shape index (κ3) is 3.03. The van der Waals surface area contributed by atoms with E-state index < -0.39 is 11.7 Å². The van der Waals surface area contributed by atoms with Gasteiger partial charge in [0.15, 0.2) is 0 Å². The highest BCUT2D eigenvalue weighted by Gasteiger charge is 2.23. The van der Waals surface area contributed by atoms with Gasteiger partial charge in [0.25, 0.3) is 5.91 Å². The molecule has 2 aromatic carbocycles. The Labute approximate surface area is 143 Å². The van der Waals surface area contributed by atoms with Gasteiger partial charge in [-0.3, -0.25) is 14.8 Å². The number of benzene rings is 2. The van der Waals surface area contributed by atoms with E-state index in [2.05, 4.69) is 15.3 Å². The van der Waals surface area contributed by atoms with Crippen LogP contribution in [0.25, 0.3) is 11.0 Å². The molecule has 1 atom stereocenters. The molecule has 126 valence electrons. The van der Waals surface area contributed by atoms with Crippen molar-refractivity contribution in [2.24, 2.45) is 0 Å². The molecule has 0 spiro atoms. The summed E-state index contributed by atoms with van der Waals surface area (Å²) in [6.07, 6.45) is 4.55. The zero-order valence-corrected chi connectivity index (χ0v) is 13.4. The number of amides is 1. The van der Waals surface area contributed by atoms with Crippen molar-refractivity contribution in [2.75, 3.05) is 6.61 Å². The lowest BCUT2D eigenvalue weighted by Crippen LogP contribution is -2.29. The number of ether oxygens (including phenoxy) is 1. The average molecular weight is 337 g/mol. The van der Waals surface area contributed by atoms with Crippen LogP contribution in [0.15, 0.2) is 48.8 Å². The molecule has 0 saturated heterocycles. The molecule has 5 nitrogen and oxygen atoms in total. The first-order chi connectivity index (χ1) is 12.2. The third-order valence-corrected chi connectivity index (χ3v) is 4.30. The van der Waals surface area contributed by atoms with Gasteiger partial charge in [-0.2, -0.15) is 0 Å². The van der Waals surface area contributed by atoms with Crippen LogP contribution in [0.4, 0.5) is 4.39 Å². The minimum absolute atomic E-state index is 0.0318. The standard InChI is InChI=1S/C19H16FN3O2/c20-14-11-17-16(21-7-8-22-17)10-13(14)19(24)23-15-5-3-9-25-18-6-2-1-4-12(15)18/h1-2,4,6-8,10-11,15H,3,5,9H2,(H,23,24)/t15-/m1/s1. The van der Waals surface area contributed by atoms with Crippen molar-refractivity contribution < 1.29 is 13.9 Å². The van der Waals surface area contributed by atoms with Gasteiger partial charge in [-0.25, -0.2) is 4.39 Å². The summed E-state index contributed by atoms with van der Waals surface area (Å²) in [7, 11) is 0. The largest absolute Gasteiger partial charge is 0.493 e. The Kier molecular flexibility index (Phi) is 4.01. The van der Waals surface area contributed by atoms with E-state index in [0.29, 0.717) is 17.6 Å². The Hall–Kier alpha value is -3.02. The predicted molar refractivity (Wildman–Crippen MR) is 90.9 cm³/mol. The van der Waals surface area contributed by atoms with Crippen molar-refractivity contribution in [2.45, 2.75) is 18.9 Å². The van der Waals surface area contributed by atoms with Gasteiger partial charge in [-0.1, -0.05) is 18.2 Å². The quantitative estimate of drug-likeness (QED) is 0.778. The van der Waals surface area contributed by atoms with Gasteiger partial charge in [0.05, 0.1) is 29.2 Å². The van der Waals surface area contributed by atoms with Gasteiger partial charge in [-0.05, 0) is 25.0 Å². The average Bonchev–Trinajstić information content (AvgIpc) is 2.83. The van der Waals surface area contributed by atoms with E-state index in [1.165, 1.54) is 24.5 Å². The number of carbonyl (C=O) groups is 1. The number of carbonyl (C=O) groups excluding carboxylic acids is 1. The van der Waals surface area contributed by atoms with Gasteiger partial charge in [-0.15, -0.1) is 0 Å². The highest BCUT2D eigenvalue weighted by atomic mass is 19.1. The van der Waals surface area contributed by atoms with Crippen LogP contribution in [0, 0.1) is 5.82 Å². The number of fused-ring (bicyclic) bond motifs is 2. The van der Waals surface area contributed by atoms with Crippen molar-refractivity contribution in [3.8, 4) is 5.75 Å². The smallest absolute Gasteiger partial charge is 0.254 e. The normalized spacial score (nSPS) is 16.6. The molecule has 0 fully saturated rings. The predicted octanol–water partition coefficient (Wildman–Crippen LogP) is 3.41. The SMILES string of the molecule is O=C(N[C@@H]1CCCOc2ccccc21)c1cc2nccnc2cc1F. The Morgan fingerprint density at radius 1 is 1.16 bits per heavy atom. The number of rotatable bonds is 2. The van der Waals surface area contributed by atoms with Crippen molar-refractivity contribution in [1.29, 1.82) is 0 Å². The van der Waals surface area contributed by atoms with Crippen LogP contribution in [0.2, 0.25) is 0 Å². The van der Waals surface area contributed by atoms with Crippen LogP contribution >= 0.6 is 0 Å². The van der Waals surface area contributed by atoms with Crippen molar-refractivity contribution in [1.82, 2.24) is 15.3 Å². The van der Waals surface area contributed by atoms with Crippen molar-refractivity contribution in [3.63, 3.8) is 0 Å². The molecule has 1 amide bonds. The molecule has 0 aliphatic carbocycles. The number of para-hydroxylation sites is 1. The zero-order chi connectivity index (χ0) is 17.2. The Morgan fingerprint density at radius 3 is 2.76 bits per heavy atom. The second-order valence-electron chi connectivity index (χ2n) is 5.93. The summed E-state index contributed by atoms with van der Waals surface area (Å²) >= 11 is 0. The minimum Gasteiger partial charge on any atom is -0.493 e. The molecule has 3 aromatic rings. The van der Waals surface area contributed by atoms with Gasteiger partial charge in [0.1, 0.15) is 11.6 Å². The molecule has 25 heavy (non-hydrogen) atoms. The number of nitrogens with one attached hydrogen (secondary N) is 1. The molecule has 6 heteroatoms. The van der Waals surface area contributed by atoms with Crippen molar-refractivity contribution >= 4 is 16.9 Å². The summed E-state index contributed by atoms with van der Waals surface area (Å²) in [4.78, 5) is 20.8. The molecule has 1 aromatic heterocycles. The minimum atomic E-state index is -0.608. The van der Waals surface area contributed by atoms with Crippen LogP contribution in [-0.2, 0) is 0 Å². The summed E-state index contributed by atoms with van der Waals surface area (Å²) in [5.74, 6) is -0.314. The summed E-state index contributed by atoms with van der Waals surface area (Å²) in [5.41, 5.74) is 1.79. The molecule has 1 N–H and O–H groups in total. The number of nitrogens with zero attached hydrogens (tertiary/aromatic N) is 2. The molecule has 0 bridgehead atoms. The lowest BCUT2D eigenvalue weighted by molar-refractivity contribution is 0.0931. The second-order valence-corrected chi connectivity index (χ2v) is 5.93. The lowest BCUT2D eigenvalue weighted by atomic mass is 10.0. The lowest BCUT2D eigenvalue weighted by Gasteiger charge is -2.18. The molecule has 0 unspecified atom stereocenters. The fourth-order valence-electron chi connectivity index (χ4n) is 3.07. The van der Waals surface area contributed by atoms with Gasteiger partial charge >= 0.3 is 0 Å². The van der Waals surface area contributed by atoms with Crippen LogP contribution < -0.4 is 10.1 Å². The Morgan fingerprint density at radius 2 is 1.92 bits per heavy atom. The van der Waals surface area contributed by atoms with Crippen LogP contribution in [0.5, 0.6) is 5.75 Å². The fraction of sp³-hybridized carbons (Fsp3) is 0.211. The van der Waals surface area contributed by atoms with E-state index in [4.69, 9.17) is 4.74 Å². The second kappa shape index (κ2) is 6.47. The van der Waals surface area contributed by atoms with E-state index >= 15 is 0 Å². The van der Waals surface area contributed by atoms with Crippen molar-refractivity contribution in [3.05, 3.63) is 65.7 Å². The maximum Gasteiger partial charge on any atom is 0.254 e. The fourth-order valence-corrected chi connectivity index (χ4v) is 3.07. The number of hydrogen-bond acceptors (Lipinski definition) is 4. The maximum absolute atomic E-state index is 14.3. The first-order valence-electron chi connectivity index (χ1n) is 8.15. The van der Waals surface area contributed by atoms with Crippen LogP contribution in [-0.4, -0.2) is 22.5 Å². The van der Waals surface area contributed by atoms with E-state index in [0.717, 1.165) is 24.2 Å². The molecule has 0 radical (unpaired) electrons. The summed E-state index contributed by atoms with van der Waals surface area (Å²) in [6, 6.07) is 10.1. The molecule has 4 rings (SSSR count). The summed E-state index contributed by atoms with van der Waals surface area (Å²) in [5, 5.41) is 2.93. The molecular formula is C19H16FN3O2. The maximum atomic E-state index is 14.3. The first-order valence-corrected chi connectivity index (χ1v) is 8.15. The Balaban J connectivity index is 1.65. The van der Waals surface area contributed by atoms with Gasteiger partial charge in [0, 0.05) is 24.0 Å². The highest BCUT2D eigenvalue weighted by molar-refractivity contribution is 5.97. The molecule has 2 heterocycles. The van der Waals surface area contributed by atoms with E-state index in [1.54, 1.807) is 0 Å². The van der Waals surface area contributed by atoms with Gasteiger partial charge in [0.2, 0.25) is 0 Å². The molecule has 1 aliphatic rings. The number of hydrogen-bond donors (Lipinski definition) is 1. The van der Waals surface area contributed by atoms with Crippen LogP contribution in [0.3, 0.4) is 0 Å². The number of aromatic nitrogens is 2. The van der Waals surface area contributed by atoms with Crippen LogP contribution in [0.1, 0.15) is 34.8 Å². The molecule has 0 saturated carbocycles. The monoisotopic (exact) mass is 337 g/mol. The summed E-state index contributed by atoms with van der Waals surface area (Å²) < 4.78 is 20.1. The number of halogens is 1. The van der Waals surface area contributed by atoms with E-state index in [-0.39, 0.29) is 11.6 Å². The Bertz CT molecular complexity index is 945. The third-order valence-electron chi connectivity index (χ3n) is 4.30. The topological polar surface area (TPSA) is 64.1 Å². The van der Waals surface area contributed by atoms with E-state index in [1.807, 2.05) is 24.3 Å².